The maximum atomic E-state index is 11.9. The highest BCUT2D eigenvalue weighted by molar-refractivity contribution is 5.81. The molecule has 0 saturated heterocycles. The fraction of sp³-hybridized carbons (Fsp3) is 0.909. The Morgan fingerprint density at radius 2 is 1.76 bits per heavy atom. The minimum Gasteiger partial charge on any atom is -0.346 e. The van der Waals surface area contributed by atoms with Crippen LogP contribution in [-0.2, 0) is 4.79 Å². The zero-order valence-electron chi connectivity index (χ0n) is 10.7. The van der Waals surface area contributed by atoms with Gasteiger partial charge in [0.1, 0.15) is 6.54 Å². The summed E-state index contributed by atoms with van der Waals surface area (Å²) in [6.07, 6.45) is -3.54. The van der Waals surface area contributed by atoms with Crippen LogP contribution in [0.2, 0.25) is 0 Å². The van der Waals surface area contributed by atoms with Gasteiger partial charge in [0.15, 0.2) is 0 Å². The third kappa shape index (κ3) is 7.20. The van der Waals surface area contributed by atoms with Crippen LogP contribution < -0.4 is 10.6 Å². The quantitative estimate of drug-likeness (QED) is 0.762. The van der Waals surface area contributed by atoms with Crippen molar-refractivity contribution in [1.29, 1.82) is 0 Å². The van der Waals surface area contributed by atoms with Crippen LogP contribution in [0.15, 0.2) is 0 Å². The Morgan fingerprint density at radius 3 is 2.12 bits per heavy atom. The van der Waals surface area contributed by atoms with Gasteiger partial charge in [-0.3, -0.25) is 4.79 Å². The predicted molar refractivity (Wildman–Crippen MR) is 60.6 cm³/mol. The zero-order valence-corrected chi connectivity index (χ0v) is 10.7. The van der Waals surface area contributed by atoms with Crippen molar-refractivity contribution >= 4 is 5.91 Å². The number of halogens is 3. The Balaban J connectivity index is 4.13. The fourth-order valence-corrected chi connectivity index (χ4v) is 1.52. The first-order chi connectivity index (χ1) is 7.67. The summed E-state index contributed by atoms with van der Waals surface area (Å²) in [4.78, 5) is 11.4. The summed E-state index contributed by atoms with van der Waals surface area (Å²) < 4.78 is 35.7. The predicted octanol–water partition coefficient (Wildman–Crippen LogP) is 2.08. The van der Waals surface area contributed by atoms with Crippen LogP contribution in [-0.4, -0.2) is 30.7 Å². The average molecular weight is 254 g/mol. The van der Waals surface area contributed by atoms with Crippen LogP contribution >= 0.6 is 0 Å². The van der Waals surface area contributed by atoms with Gasteiger partial charge in [-0.05, 0) is 19.3 Å². The second-order valence-corrected chi connectivity index (χ2v) is 4.48. The molecule has 2 unspecified atom stereocenters. The van der Waals surface area contributed by atoms with Crippen LogP contribution in [0.3, 0.4) is 0 Å². The molecule has 0 saturated carbocycles. The summed E-state index contributed by atoms with van der Waals surface area (Å²) in [7, 11) is 0. The summed E-state index contributed by atoms with van der Waals surface area (Å²) in [5, 5.41) is 4.89. The minimum absolute atomic E-state index is 0.127. The van der Waals surface area contributed by atoms with Gasteiger partial charge in [-0.1, -0.05) is 20.8 Å². The number of amides is 1. The molecule has 2 N–H and O–H groups in total. The highest BCUT2D eigenvalue weighted by atomic mass is 19.4. The van der Waals surface area contributed by atoms with E-state index in [0.29, 0.717) is 5.92 Å². The number of hydrogen-bond acceptors (Lipinski definition) is 2. The minimum atomic E-state index is -4.36. The SMILES string of the molecule is CCC(NC(C)C(=O)NCC(F)(F)F)C(C)C. The number of alkyl halides is 3. The lowest BCUT2D eigenvalue weighted by molar-refractivity contribution is -0.139. The Hall–Kier alpha value is -0.780. The summed E-state index contributed by atoms with van der Waals surface area (Å²) in [5.41, 5.74) is 0. The summed E-state index contributed by atoms with van der Waals surface area (Å²) in [5.74, 6) is -0.292. The monoisotopic (exact) mass is 254 g/mol. The highest BCUT2D eigenvalue weighted by Gasteiger charge is 2.29. The third-order valence-corrected chi connectivity index (χ3v) is 2.56. The fourth-order valence-electron chi connectivity index (χ4n) is 1.52. The molecule has 0 aliphatic carbocycles. The normalized spacial score (nSPS) is 15.8. The van der Waals surface area contributed by atoms with Gasteiger partial charge in [0.25, 0.3) is 0 Å². The van der Waals surface area contributed by atoms with Gasteiger partial charge in [0, 0.05) is 6.04 Å². The first kappa shape index (κ1) is 16.2. The van der Waals surface area contributed by atoms with E-state index in [1.165, 1.54) is 0 Å². The average Bonchev–Trinajstić information content (AvgIpc) is 2.20. The molecular weight excluding hydrogens is 233 g/mol. The summed E-state index contributed by atoms with van der Waals surface area (Å²) in [6.45, 7) is 6.26. The van der Waals surface area contributed by atoms with E-state index >= 15 is 0 Å². The molecule has 3 nitrogen and oxygen atoms in total. The largest absolute Gasteiger partial charge is 0.405 e. The number of carbonyl (C=O) groups is 1. The van der Waals surface area contributed by atoms with E-state index < -0.39 is 24.7 Å². The van der Waals surface area contributed by atoms with Crippen LogP contribution in [0.1, 0.15) is 34.1 Å². The molecule has 0 fully saturated rings. The van der Waals surface area contributed by atoms with Crippen molar-refractivity contribution in [2.24, 2.45) is 5.92 Å². The second-order valence-electron chi connectivity index (χ2n) is 4.48. The van der Waals surface area contributed by atoms with Crippen molar-refractivity contribution in [3.05, 3.63) is 0 Å². The molecule has 102 valence electrons. The summed E-state index contributed by atoms with van der Waals surface area (Å²) >= 11 is 0. The van der Waals surface area contributed by atoms with E-state index in [-0.39, 0.29) is 6.04 Å². The lowest BCUT2D eigenvalue weighted by Gasteiger charge is -2.25. The van der Waals surface area contributed by atoms with Gasteiger partial charge in [-0.2, -0.15) is 13.2 Å². The van der Waals surface area contributed by atoms with Crippen molar-refractivity contribution in [3.63, 3.8) is 0 Å². The van der Waals surface area contributed by atoms with Crippen molar-refractivity contribution in [1.82, 2.24) is 10.6 Å². The van der Waals surface area contributed by atoms with E-state index in [9.17, 15) is 18.0 Å². The molecule has 0 aromatic carbocycles. The van der Waals surface area contributed by atoms with Gasteiger partial charge in [-0.25, -0.2) is 0 Å². The van der Waals surface area contributed by atoms with Gasteiger partial charge in [0.2, 0.25) is 5.91 Å². The Kier molecular flexibility index (Phi) is 6.52. The Bertz CT molecular complexity index is 241. The van der Waals surface area contributed by atoms with Crippen LogP contribution in [0.4, 0.5) is 13.2 Å². The van der Waals surface area contributed by atoms with Crippen molar-refractivity contribution in [2.45, 2.75) is 52.4 Å². The molecule has 0 aliphatic heterocycles. The maximum Gasteiger partial charge on any atom is 0.405 e. The van der Waals surface area contributed by atoms with Crippen LogP contribution in [0, 0.1) is 5.92 Å². The van der Waals surface area contributed by atoms with E-state index in [2.05, 4.69) is 5.32 Å². The molecule has 2 atom stereocenters. The highest BCUT2D eigenvalue weighted by Crippen LogP contribution is 2.12. The Labute approximate surface area is 100 Å². The molecule has 0 aromatic rings. The first-order valence-corrected chi connectivity index (χ1v) is 5.77. The molecule has 0 aromatic heterocycles. The summed E-state index contributed by atoms with van der Waals surface area (Å²) in [6, 6.07) is -0.494. The van der Waals surface area contributed by atoms with Gasteiger partial charge in [-0.15, -0.1) is 0 Å². The Morgan fingerprint density at radius 1 is 1.24 bits per heavy atom. The number of carbonyl (C=O) groups excluding carboxylic acids is 1. The van der Waals surface area contributed by atoms with Crippen molar-refractivity contribution < 1.29 is 18.0 Å². The van der Waals surface area contributed by atoms with Crippen LogP contribution in [0.5, 0.6) is 0 Å². The van der Waals surface area contributed by atoms with Gasteiger partial charge < -0.3 is 10.6 Å². The molecule has 0 heterocycles. The molecule has 0 aliphatic rings. The van der Waals surface area contributed by atoms with Crippen molar-refractivity contribution in [2.75, 3.05) is 6.54 Å². The molecule has 0 rings (SSSR count). The molecule has 17 heavy (non-hydrogen) atoms. The molecule has 0 radical (unpaired) electrons. The molecular formula is C11H21F3N2O. The number of hydrogen-bond donors (Lipinski definition) is 2. The lowest BCUT2D eigenvalue weighted by Crippen LogP contribution is -2.49. The van der Waals surface area contributed by atoms with E-state index in [4.69, 9.17) is 0 Å². The molecule has 0 bridgehead atoms. The topological polar surface area (TPSA) is 41.1 Å². The first-order valence-electron chi connectivity index (χ1n) is 5.77. The zero-order chi connectivity index (χ0) is 13.6. The van der Waals surface area contributed by atoms with Crippen LogP contribution in [0.25, 0.3) is 0 Å². The lowest BCUT2D eigenvalue weighted by atomic mass is 10.0. The van der Waals surface area contributed by atoms with E-state index in [1.807, 2.05) is 26.1 Å². The van der Waals surface area contributed by atoms with Gasteiger partial charge in [0.05, 0.1) is 6.04 Å². The van der Waals surface area contributed by atoms with Crippen molar-refractivity contribution in [3.8, 4) is 0 Å². The molecule has 0 spiro atoms. The number of nitrogens with one attached hydrogen (secondary N) is 2. The molecule has 6 heteroatoms. The van der Waals surface area contributed by atoms with E-state index in [0.717, 1.165) is 6.42 Å². The second kappa shape index (κ2) is 6.83. The molecule has 1 amide bonds. The smallest absolute Gasteiger partial charge is 0.346 e. The number of rotatable bonds is 6. The maximum absolute atomic E-state index is 11.9. The third-order valence-electron chi connectivity index (χ3n) is 2.56. The standard InChI is InChI=1S/C11H21F3N2O/c1-5-9(7(2)3)16-8(4)10(17)15-6-11(12,13)14/h7-9,16H,5-6H2,1-4H3,(H,15,17). The van der Waals surface area contributed by atoms with Gasteiger partial charge >= 0.3 is 6.18 Å². The van der Waals surface area contributed by atoms with E-state index in [1.54, 1.807) is 6.92 Å².